The van der Waals surface area contributed by atoms with Crippen molar-refractivity contribution in [1.82, 2.24) is 5.48 Å². The van der Waals surface area contributed by atoms with E-state index in [0.29, 0.717) is 5.69 Å². The van der Waals surface area contributed by atoms with Crippen LogP contribution in [0.4, 0.5) is 11.4 Å². The van der Waals surface area contributed by atoms with Crippen molar-refractivity contribution in [3.05, 3.63) is 33.9 Å². The molecule has 0 saturated carbocycles. The first-order valence-electron chi connectivity index (χ1n) is 6.54. The molecule has 1 saturated heterocycles. The second-order valence-electron chi connectivity index (χ2n) is 4.94. The third kappa shape index (κ3) is 2.72. The Morgan fingerprint density at radius 2 is 2.25 bits per heavy atom. The molecular formula is C13H17N3O4. The molecule has 20 heavy (non-hydrogen) atoms. The van der Waals surface area contributed by atoms with Gasteiger partial charge in [-0.3, -0.25) is 20.1 Å². The number of carbonyl (C=O) groups excluding carboxylic acids is 1. The molecule has 0 aromatic heterocycles. The summed E-state index contributed by atoms with van der Waals surface area (Å²) in [4.78, 5) is 24.1. The van der Waals surface area contributed by atoms with Gasteiger partial charge in [-0.25, -0.2) is 5.48 Å². The van der Waals surface area contributed by atoms with E-state index in [1.807, 2.05) is 0 Å². The van der Waals surface area contributed by atoms with Crippen molar-refractivity contribution in [2.75, 3.05) is 11.4 Å². The lowest BCUT2D eigenvalue weighted by Gasteiger charge is -2.36. The predicted molar refractivity (Wildman–Crippen MR) is 73.0 cm³/mol. The summed E-state index contributed by atoms with van der Waals surface area (Å²) >= 11 is 0. The average molecular weight is 279 g/mol. The van der Waals surface area contributed by atoms with E-state index in [4.69, 9.17) is 5.21 Å². The Labute approximate surface area is 116 Å². The zero-order valence-corrected chi connectivity index (χ0v) is 11.2. The number of amides is 1. The molecule has 0 radical (unpaired) electrons. The fraction of sp³-hybridized carbons (Fsp3) is 0.462. The number of nitrogens with zero attached hydrogens (tertiary/aromatic N) is 2. The first kappa shape index (κ1) is 14.3. The van der Waals surface area contributed by atoms with Crippen LogP contribution in [0.15, 0.2) is 18.2 Å². The van der Waals surface area contributed by atoms with Gasteiger partial charge in [0.15, 0.2) is 0 Å². The minimum absolute atomic E-state index is 0.121. The quantitative estimate of drug-likeness (QED) is 0.502. The summed E-state index contributed by atoms with van der Waals surface area (Å²) < 4.78 is 0. The number of nitrogens with one attached hydrogen (secondary N) is 1. The average Bonchev–Trinajstić information content (AvgIpc) is 2.46. The first-order chi connectivity index (χ1) is 9.54. The third-order valence-corrected chi connectivity index (χ3v) is 3.65. The number of benzene rings is 1. The molecule has 2 N–H and O–H groups in total. The Morgan fingerprint density at radius 1 is 1.50 bits per heavy atom. The number of non-ortho nitro benzene ring substituents is 1. The fourth-order valence-electron chi connectivity index (χ4n) is 2.59. The Kier molecular flexibility index (Phi) is 4.19. The normalized spacial score (nSPS) is 18.7. The Balaban J connectivity index is 2.45. The number of hydrogen-bond donors (Lipinski definition) is 2. The van der Waals surface area contributed by atoms with Gasteiger partial charge < -0.3 is 4.90 Å². The minimum Gasteiger partial charge on any atom is -0.368 e. The molecule has 0 unspecified atom stereocenters. The minimum atomic E-state index is -0.735. The number of rotatable bonds is 3. The fourth-order valence-corrected chi connectivity index (χ4v) is 2.59. The van der Waals surface area contributed by atoms with E-state index < -0.39 is 10.8 Å². The maximum absolute atomic E-state index is 11.7. The first-order valence-corrected chi connectivity index (χ1v) is 6.54. The summed E-state index contributed by atoms with van der Waals surface area (Å²) in [7, 11) is 0. The smallest absolute Gasteiger partial charge is 0.276 e. The number of nitro benzene ring substituents is 1. The van der Waals surface area contributed by atoms with Crippen molar-refractivity contribution < 1.29 is 14.9 Å². The number of nitro groups is 1. The topological polar surface area (TPSA) is 95.7 Å². The Hall–Kier alpha value is -2.15. The third-order valence-electron chi connectivity index (χ3n) is 3.65. The number of piperidine rings is 1. The zero-order chi connectivity index (χ0) is 14.7. The van der Waals surface area contributed by atoms with Gasteiger partial charge in [0.05, 0.1) is 16.2 Å². The second-order valence-corrected chi connectivity index (χ2v) is 4.94. The number of carbonyl (C=O) groups is 1. The van der Waals surface area contributed by atoms with Gasteiger partial charge in [-0.2, -0.15) is 0 Å². The van der Waals surface area contributed by atoms with Crippen molar-refractivity contribution in [1.29, 1.82) is 0 Å². The van der Waals surface area contributed by atoms with Crippen molar-refractivity contribution >= 4 is 17.3 Å². The van der Waals surface area contributed by atoms with E-state index in [1.54, 1.807) is 11.5 Å². The monoisotopic (exact) mass is 279 g/mol. The van der Waals surface area contributed by atoms with Crippen LogP contribution in [0.25, 0.3) is 0 Å². The molecule has 1 amide bonds. The molecule has 1 heterocycles. The maximum Gasteiger partial charge on any atom is 0.276 e. The van der Waals surface area contributed by atoms with Gasteiger partial charge in [-0.1, -0.05) is 0 Å². The lowest BCUT2D eigenvalue weighted by molar-refractivity contribution is -0.384. The highest BCUT2D eigenvalue weighted by Crippen LogP contribution is 2.30. The SMILES string of the molecule is C[C@@H]1CCCCN1c1ccc([N+](=O)[O-])cc1C(=O)NO. The molecule has 1 aromatic rings. The molecule has 7 nitrogen and oxygen atoms in total. The van der Waals surface area contributed by atoms with Crippen molar-refractivity contribution in [2.24, 2.45) is 0 Å². The summed E-state index contributed by atoms with van der Waals surface area (Å²) in [5, 5.41) is 19.6. The van der Waals surface area contributed by atoms with Gasteiger partial charge in [-0.15, -0.1) is 0 Å². The van der Waals surface area contributed by atoms with E-state index >= 15 is 0 Å². The van der Waals surface area contributed by atoms with Crippen LogP contribution in [0, 0.1) is 10.1 Å². The molecule has 7 heteroatoms. The molecule has 1 aliphatic rings. The maximum atomic E-state index is 11.7. The van der Waals surface area contributed by atoms with Crippen LogP contribution >= 0.6 is 0 Å². The standard InChI is InChI=1S/C13H17N3O4/c1-9-4-2-3-7-15(9)12-6-5-10(16(19)20)8-11(12)13(17)14-18/h5-6,8-9,18H,2-4,7H2,1H3,(H,14,17)/t9-/m1/s1. The molecule has 1 fully saturated rings. The lowest BCUT2D eigenvalue weighted by Crippen LogP contribution is -2.39. The van der Waals surface area contributed by atoms with Crippen LogP contribution in [0.5, 0.6) is 0 Å². The molecular weight excluding hydrogens is 262 g/mol. The van der Waals surface area contributed by atoms with Gasteiger partial charge in [0.1, 0.15) is 0 Å². The van der Waals surface area contributed by atoms with Crippen LogP contribution in [-0.4, -0.2) is 28.6 Å². The van der Waals surface area contributed by atoms with Gasteiger partial charge in [-0.05, 0) is 32.3 Å². The molecule has 2 rings (SSSR count). The van der Waals surface area contributed by atoms with Crippen LogP contribution in [-0.2, 0) is 0 Å². The molecule has 1 aromatic carbocycles. The number of hydrogen-bond acceptors (Lipinski definition) is 5. The number of hydroxylamine groups is 1. The molecule has 1 atom stereocenters. The van der Waals surface area contributed by atoms with E-state index in [-0.39, 0.29) is 17.3 Å². The Morgan fingerprint density at radius 3 is 2.85 bits per heavy atom. The van der Waals surface area contributed by atoms with Gasteiger partial charge in [0.25, 0.3) is 11.6 Å². The zero-order valence-electron chi connectivity index (χ0n) is 11.2. The summed E-state index contributed by atoms with van der Waals surface area (Å²) in [6.45, 7) is 2.85. The van der Waals surface area contributed by atoms with E-state index in [1.165, 1.54) is 12.1 Å². The van der Waals surface area contributed by atoms with E-state index in [0.717, 1.165) is 25.8 Å². The summed E-state index contributed by atoms with van der Waals surface area (Å²) in [6.07, 6.45) is 3.16. The van der Waals surface area contributed by atoms with Gasteiger partial charge >= 0.3 is 0 Å². The van der Waals surface area contributed by atoms with Crippen LogP contribution in [0.2, 0.25) is 0 Å². The van der Waals surface area contributed by atoms with E-state index in [2.05, 4.69) is 11.8 Å². The highest BCUT2D eigenvalue weighted by molar-refractivity contribution is 6.00. The molecule has 0 spiro atoms. The summed E-state index contributed by atoms with van der Waals surface area (Å²) in [5.41, 5.74) is 2.12. The van der Waals surface area contributed by atoms with Gasteiger partial charge in [0.2, 0.25) is 0 Å². The highest BCUT2D eigenvalue weighted by Gasteiger charge is 2.25. The molecule has 0 bridgehead atoms. The number of anilines is 1. The van der Waals surface area contributed by atoms with Crippen LogP contribution in [0.1, 0.15) is 36.5 Å². The van der Waals surface area contributed by atoms with Crippen molar-refractivity contribution in [2.45, 2.75) is 32.2 Å². The van der Waals surface area contributed by atoms with Gasteiger partial charge in [0, 0.05) is 24.7 Å². The highest BCUT2D eigenvalue weighted by atomic mass is 16.6. The molecule has 0 aliphatic carbocycles. The molecule has 108 valence electrons. The van der Waals surface area contributed by atoms with Crippen LogP contribution in [0.3, 0.4) is 0 Å². The van der Waals surface area contributed by atoms with Crippen molar-refractivity contribution in [3.8, 4) is 0 Å². The summed E-state index contributed by atoms with van der Waals surface area (Å²) in [5.74, 6) is -0.735. The Bertz CT molecular complexity index is 532. The van der Waals surface area contributed by atoms with Crippen molar-refractivity contribution in [3.63, 3.8) is 0 Å². The summed E-state index contributed by atoms with van der Waals surface area (Å²) in [6, 6.07) is 4.41. The van der Waals surface area contributed by atoms with E-state index in [9.17, 15) is 14.9 Å². The predicted octanol–water partition coefficient (Wildman–Crippen LogP) is 2.09. The second kappa shape index (κ2) is 5.87. The largest absolute Gasteiger partial charge is 0.368 e. The van der Waals surface area contributed by atoms with Crippen LogP contribution < -0.4 is 10.4 Å². The lowest BCUT2D eigenvalue weighted by atomic mass is 10.0. The molecule has 1 aliphatic heterocycles.